The minimum atomic E-state index is -1.03. The standard InChI is InChI=1S/C11H15N5O3/c1-6-9(11(17)18)10(16(3)13-6)12-7-5-8(19-4)15(2)14-7/h5H,1-4H3,(H,12,14)(H,17,18). The smallest absolute Gasteiger partial charge is 0.341 e. The average molecular weight is 265 g/mol. The van der Waals surface area contributed by atoms with Crippen molar-refractivity contribution >= 4 is 17.6 Å². The van der Waals surface area contributed by atoms with Gasteiger partial charge in [-0.25, -0.2) is 9.48 Å². The van der Waals surface area contributed by atoms with E-state index in [0.29, 0.717) is 23.2 Å². The number of nitrogens with zero attached hydrogens (tertiary/aromatic N) is 4. The van der Waals surface area contributed by atoms with E-state index >= 15 is 0 Å². The molecule has 2 rings (SSSR count). The van der Waals surface area contributed by atoms with Crippen molar-refractivity contribution in [3.63, 3.8) is 0 Å². The quantitative estimate of drug-likeness (QED) is 0.853. The van der Waals surface area contributed by atoms with E-state index in [1.807, 2.05) is 0 Å². The fourth-order valence-corrected chi connectivity index (χ4v) is 1.88. The minimum absolute atomic E-state index is 0.132. The molecule has 19 heavy (non-hydrogen) atoms. The first-order valence-electron chi connectivity index (χ1n) is 5.56. The van der Waals surface area contributed by atoms with Crippen molar-refractivity contribution in [2.24, 2.45) is 14.1 Å². The highest BCUT2D eigenvalue weighted by molar-refractivity contribution is 5.95. The van der Waals surface area contributed by atoms with Crippen LogP contribution in [0.5, 0.6) is 5.88 Å². The maximum absolute atomic E-state index is 11.2. The summed E-state index contributed by atoms with van der Waals surface area (Å²) in [6.45, 7) is 1.65. The normalized spacial score (nSPS) is 10.5. The van der Waals surface area contributed by atoms with Crippen LogP contribution in [0.3, 0.4) is 0 Å². The Morgan fingerprint density at radius 3 is 2.58 bits per heavy atom. The second-order valence-corrected chi connectivity index (χ2v) is 4.06. The minimum Gasteiger partial charge on any atom is -0.481 e. The number of carboxylic acid groups (broad SMARTS) is 1. The summed E-state index contributed by atoms with van der Waals surface area (Å²) in [5.74, 6) is 0.407. The number of anilines is 2. The van der Waals surface area contributed by atoms with Crippen molar-refractivity contribution in [2.45, 2.75) is 6.92 Å². The summed E-state index contributed by atoms with van der Waals surface area (Å²) in [6.07, 6.45) is 0. The van der Waals surface area contributed by atoms with Gasteiger partial charge in [-0.05, 0) is 6.92 Å². The lowest BCUT2D eigenvalue weighted by molar-refractivity contribution is 0.0697. The van der Waals surface area contributed by atoms with E-state index in [2.05, 4.69) is 15.5 Å². The van der Waals surface area contributed by atoms with Gasteiger partial charge in [-0.1, -0.05) is 0 Å². The second-order valence-electron chi connectivity index (χ2n) is 4.06. The van der Waals surface area contributed by atoms with Crippen LogP contribution in [0.15, 0.2) is 6.07 Å². The summed E-state index contributed by atoms with van der Waals surface area (Å²) in [5, 5.41) is 20.4. The van der Waals surface area contributed by atoms with Crippen LogP contribution < -0.4 is 10.1 Å². The number of nitrogens with one attached hydrogen (secondary N) is 1. The molecule has 0 amide bonds. The average Bonchev–Trinajstić information content (AvgIpc) is 2.80. The molecule has 0 bridgehead atoms. The molecule has 0 aromatic carbocycles. The van der Waals surface area contributed by atoms with Crippen LogP contribution in [0.1, 0.15) is 16.1 Å². The third kappa shape index (κ3) is 2.24. The van der Waals surface area contributed by atoms with Crippen LogP contribution in [0.2, 0.25) is 0 Å². The highest BCUT2D eigenvalue weighted by Gasteiger charge is 2.20. The van der Waals surface area contributed by atoms with E-state index < -0.39 is 5.97 Å². The zero-order valence-electron chi connectivity index (χ0n) is 11.1. The first-order chi connectivity index (χ1) is 8.93. The van der Waals surface area contributed by atoms with Gasteiger partial charge in [-0.2, -0.15) is 10.2 Å². The number of carbonyl (C=O) groups is 1. The summed E-state index contributed by atoms with van der Waals surface area (Å²) in [6, 6.07) is 1.67. The number of aromatic nitrogens is 4. The van der Waals surface area contributed by atoms with Crippen molar-refractivity contribution in [1.82, 2.24) is 19.6 Å². The van der Waals surface area contributed by atoms with Gasteiger partial charge >= 0.3 is 5.97 Å². The van der Waals surface area contributed by atoms with Gasteiger partial charge in [0.2, 0.25) is 5.88 Å². The highest BCUT2D eigenvalue weighted by atomic mass is 16.5. The number of hydrogen-bond donors (Lipinski definition) is 2. The predicted octanol–water partition coefficient (Wildman–Crippen LogP) is 0.912. The Kier molecular flexibility index (Phi) is 3.16. The maximum Gasteiger partial charge on any atom is 0.341 e. The van der Waals surface area contributed by atoms with Crippen molar-refractivity contribution in [3.05, 3.63) is 17.3 Å². The van der Waals surface area contributed by atoms with E-state index in [1.165, 1.54) is 11.8 Å². The summed E-state index contributed by atoms with van der Waals surface area (Å²) in [7, 11) is 4.94. The van der Waals surface area contributed by atoms with Gasteiger partial charge in [0.1, 0.15) is 11.4 Å². The Morgan fingerprint density at radius 2 is 2.05 bits per heavy atom. The Bertz CT molecular complexity index is 629. The maximum atomic E-state index is 11.2. The number of ether oxygens (including phenoxy) is 1. The fourth-order valence-electron chi connectivity index (χ4n) is 1.88. The van der Waals surface area contributed by atoms with Crippen LogP contribution >= 0.6 is 0 Å². The lowest BCUT2D eigenvalue weighted by Gasteiger charge is -2.04. The highest BCUT2D eigenvalue weighted by Crippen LogP contribution is 2.24. The first kappa shape index (κ1) is 12.9. The third-order valence-electron chi connectivity index (χ3n) is 2.73. The van der Waals surface area contributed by atoms with Gasteiger partial charge in [0, 0.05) is 20.2 Å². The molecule has 0 saturated carbocycles. The van der Waals surface area contributed by atoms with Crippen molar-refractivity contribution in [3.8, 4) is 5.88 Å². The number of methoxy groups -OCH3 is 1. The van der Waals surface area contributed by atoms with Crippen molar-refractivity contribution in [2.75, 3.05) is 12.4 Å². The molecule has 2 aromatic heterocycles. The van der Waals surface area contributed by atoms with Crippen LogP contribution in [0.25, 0.3) is 0 Å². The topological polar surface area (TPSA) is 94.2 Å². The molecule has 2 N–H and O–H groups in total. The molecule has 8 heteroatoms. The molecule has 0 spiro atoms. The van der Waals surface area contributed by atoms with E-state index in [4.69, 9.17) is 4.74 Å². The van der Waals surface area contributed by atoms with E-state index in [-0.39, 0.29) is 5.56 Å². The molecule has 102 valence electrons. The van der Waals surface area contributed by atoms with Crippen LogP contribution in [0, 0.1) is 6.92 Å². The van der Waals surface area contributed by atoms with E-state index in [9.17, 15) is 9.90 Å². The molecule has 8 nitrogen and oxygen atoms in total. The Morgan fingerprint density at radius 1 is 1.37 bits per heavy atom. The van der Waals surface area contributed by atoms with Crippen molar-refractivity contribution < 1.29 is 14.6 Å². The lowest BCUT2D eigenvalue weighted by Crippen LogP contribution is -2.05. The molecule has 0 aliphatic carbocycles. The largest absolute Gasteiger partial charge is 0.481 e. The van der Waals surface area contributed by atoms with Crippen LogP contribution in [0.4, 0.5) is 11.6 Å². The van der Waals surface area contributed by atoms with Crippen LogP contribution in [-0.2, 0) is 14.1 Å². The Balaban J connectivity index is 2.40. The third-order valence-corrected chi connectivity index (χ3v) is 2.73. The van der Waals surface area contributed by atoms with Gasteiger partial charge in [-0.15, -0.1) is 0 Å². The molecule has 0 fully saturated rings. The number of aryl methyl sites for hydroxylation is 3. The van der Waals surface area contributed by atoms with Crippen molar-refractivity contribution in [1.29, 1.82) is 0 Å². The Labute approximate surface area is 109 Å². The molecule has 2 heterocycles. The van der Waals surface area contributed by atoms with Gasteiger partial charge in [0.15, 0.2) is 5.82 Å². The van der Waals surface area contributed by atoms with Crippen LogP contribution in [-0.4, -0.2) is 37.7 Å². The van der Waals surface area contributed by atoms with Gasteiger partial charge in [0.05, 0.1) is 12.8 Å². The molecule has 0 aliphatic heterocycles. The number of aromatic carboxylic acids is 1. The van der Waals surface area contributed by atoms with Gasteiger partial charge in [0.25, 0.3) is 0 Å². The molecule has 2 aromatic rings. The van der Waals surface area contributed by atoms with Gasteiger partial charge < -0.3 is 15.2 Å². The number of hydrogen-bond acceptors (Lipinski definition) is 5. The monoisotopic (exact) mass is 265 g/mol. The van der Waals surface area contributed by atoms with E-state index in [1.54, 1.807) is 31.8 Å². The molecule has 0 aliphatic rings. The van der Waals surface area contributed by atoms with E-state index in [0.717, 1.165) is 0 Å². The molecule has 0 atom stereocenters. The molecule has 0 unspecified atom stereocenters. The zero-order chi connectivity index (χ0) is 14.2. The number of carboxylic acids is 1. The predicted molar refractivity (Wildman–Crippen MR) is 67.9 cm³/mol. The summed E-state index contributed by atoms with van der Waals surface area (Å²) in [5.41, 5.74) is 0.576. The summed E-state index contributed by atoms with van der Waals surface area (Å²) in [4.78, 5) is 11.2. The summed E-state index contributed by atoms with van der Waals surface area (Å²) >= 11 is 0. The van der Waals surface area contributed by atoms with Gasteiger partial charge in [-0.3, -0.25) is 4.68 Å². The zero-order valence-corrected chi connectivity index (χ0v) is 11.1. The summed E-state index contributed by atoms with van der Waals surface area (Å²) < 4.78 is 8.12. The SMILES string of the molecule is COc1cc(Nc2c(C(=O)O)c(C)nn2C)nn1C. The Hall–Kier alpha value is -2.51. The molecular weight excluding hydrogens is 250 g/mol. The molecule has 0 radical (unpaired) electrons. The number of rotatable bonds is 4. The second kappa shape index (κ2) is 4.63. The molecule has 0 saturated heterocycles. The molecular formula is C11H15N5O3. The fraction of sp³-hybridized carbons (Fsp3) is 0.364. The lowest BCUT2D eigenvalue weighted by atomic mass is 10.2. The first-order valence-corrected chi connectivity index (χ1v) is 5.56.